The van der Waals surface area contributed by atoms with E-state index >= 15 is 0 Å². The summed E-state index contributed by atoms with van der Waals surface area (Å²) >= 11 is 0. The molecule has 1 N–H and O–H groups in total. The van der Waals surface area contributed by atoms with Crippen molar-refractivity contribution in [2.24, 2.45) is 0 Å². The third-order valence-corrected chi connectivity index (χ3v) is 4.23. The Morgan fingerprint density at radius 3 is 2.28 bits per heavy atom. The van der Waals surface area contributed by atoms with E-state index in [1.807, 2.05) is 67.6 Å². The Bertz CT molecular complexity index is 967. The van der Waals surface area contributed by atoms with Crippen LogP contribution >= 0.6 is 0 Å². The van der Waals surface area contributed by atoms with Crippen LogP contribution < -0.4 is 14.8 Å². The predicted molar refractivity (Wildman–Crippen MR) is 117 cm³/mol. The number of anilines is 1. The Morgan fingerprint density at radius 2 is 1.52 bits per heavy atom. The lowest BCUT2D eigenvalue weighted by molar-refractivity contribution is 0.102. The topological polar surface area (TPSA) is 47.6 Å². The van der Waals surface area contributed by atoms with Crippen LogP contribution in [0.25, 0.3) is 0 Å². The van der Waals surface area contributed by atoms with Gasteiger partial charge in [-0.15, -0.1) is 0 Å². The molecule has 4 nitrogen and oxygen atoms in total. The molecule has 0 aliphatic heterocycles. The first kappa shape index (κ1) is 20.2. The van der Waals surface area contributed by atoms with Crippen LogP contribution in [-0.2, 0) is 6.42 Å². The van der Waals surface area contributed by atoms with E-state index in [4.69, 9.17) is 9.47 Å². The quantitative estimate of drug-likeness (QED) is 0.492. The maximum Gasteiger partial charge on any atom is 0.259 e. The minimum Gasteiger partial charge on any atom is -0.492 e. The van der Waals surface area contributed by atoms with Crippen LogP contribution in [0, 0.1) is 0 Å². The van der Waals surface area contributed by atoms with Gasteiger partial charge in [-0.2, -0.15) is 0 Å². The van der Waals surface area contributed by atoms with Gasteiger partial charge in [0, 0.05) is 6.42 Å². The van der Waals surface area contributed by atoms with Gasteiger partial charge in [-0.25, -0.2) is 0 Å². The fraction of sp³-hybridized carbons (Fsp3) is 0.160. The highest BCUT2D eigenvalue weighted by Crippen LogP contribution is 2.26. The van der Waals surface area contributed by atoms with Gasteiger partial charge in [0.1, 0.15) is 18.1 Å². The van der Waals surface area contributed by atoms with Crippen molar-refractivity contribution in [2.75, 3.05) is 18.5 Å². The van der Waals surface area contributed by atoms with E-state index in [0.717, 1.165) is 12.0 Å². The smallest absolute Gasteiger partial charge is 0.259 e. The van der Waals surface area contributed by atoms with Crippen molar-refractivity contribution >= 4 is 11.6 Å². The van der Waals surface area contributed by atoms with Crippen LogP contribution in [0.15, 0.2) is 91.0 Å². The monoisotopic (exact) mass is 387 g/mol. The number of nitrogens with one attached hydrogen (secondary N) is 1. The molecule has 0 bridgehead atoms. The van der Waals surface area contributed by atoms with Crippen molar-refractivity contribution in [3.05, 3.63) is 102 Å². The average Bonchev–Trinajstić information content (AvgIpc) is 2.74. The lowest BCUT2D eigenvalue weighted by Gasteiger charge is -2.14. The SMILES string of the molecule is C=C(C)COc1ccccc1NC(=O)c1ccccc1OCCc1ccccc1. The molecule has 0 saturated carbocycles. The summed E-state index contributed by atoms with van der Waals surface area (Å²) in [7, 11) is 0. The summed E-state index contributed by atoms with van der Waals surface area (Å²) < 4.78 is 11.6. The molecule has 0 radical (unpaired) electrons. The van der Waals surface area contributed by atoms with Crippen LogP contribution in [0.1, 0.15) is 22.8 Å². The normalized spacial score (nSPS) is 10.2. The molecule has 1 amide bonds. The van der Waals surface area contributed by atoms with Gasteiger partial charge in [0.25, 0.3) is 5.91 Å². The molecular weight excluding hydrogens is 362 g/mol. The zero-order valence-corrected chi connectivity index (χ0v) is 16.6. The maximum atomic E-state index is 12.9. The fourth-order valence-corrected chi connectivity index (χ4v) is 2.79. The first-order valence-corrected chi connectivity index (χ1v) is 9.57. The van der Waals surface area contributed by atoms with E-state index in [2.05, 4.69) is 24.0 Å². The highest BCUT2D eigenvalue weighted by Gasteiger charge is 2.14. The number of carbonyl (C=O) groups excluding carboxylic acids is 1. The van der Waals surface area contributed by atoms with Crippen molar-refractivity contribution in [1.29, 1.82) is 0 Å². The number of para-hydroxylation sites is 3. The first-order chi connectivity index (χ1) is 14.1. The Hall–Kier alpha value is -3.53. The number of benzene rings is 3. The van der Waals surface area contributed by atoms with Gasteiger partial charge < -0.3 is 14.8 Å². The number of amides is 1. The minimum absolute atomic E-state index is 0.244. The standard InChI is InChI=1S/C25H25NO3/c1-19(2)18-29-24-15-9-7-13-22(24)26-25(27)21-12-6-8-14-23(21)28-17-16-20-10-4-3-5-11-20/h3-15H,1,16-18H2,2H3,(H,26,27). The molecular formula is C25H25NO3. The highest BCUT2D eigenvalue weighted by molar-refractivity contribution is 6.06. The molecule has 0 fully saturated rings. The highest BCUT2D eigenvalue weighted by atomic mass is 16.5. The van der Waals surface area contributed by atoms with E-state index < -0.39 is 0 Å². The molecule has 0 atom stereocenters. The molecule has 0 aliphatic rings. The number of ether oxygens (including phenoxy) is 2. The zero-order valence-electron chi connectivity index (χ0n) is 16.6. The van der Waals surface area contributed by atoms with E-state index in [1.165, 1.54) is 5.56 Å². The van der Waals surface area contributed by atoms with Crippen LogP contribution in [0.2, 0.25) is 0 Å². The van der Waals surface area contributed by atoms with Crippen LogP contribution in [-0.4, -0.2) is 19.1 Å². The van der Waals surface area contributed by atoms with E-state index in [9.17, 15) is 4.79 Å². The molecule has 0 aliphatic carbocycles. The van der Waals surface area contributed by atoms with Gasteiger partial charge >= 0.3 is 0 Å². The van der Waals surface area contributed by atoms with Crippen molar-refractivity contribution in [1.82, 2.24) is 0 Å². The average molecular weight is 387 g/mol. The summed E-state index contributed by atoms with van der Waals surface area (Å²) in [6, 6.07) is 24.7. The van der Waals surface area contributed by atoms with Crippen LogP contribution in [0.3, 0.4) is 0 Å². The second-order valence-electron chi connectivity index (χ2n) is 6.78. The molecule has 29 heavy (non-hydrogen) atoms. The largest absolute Gasteiger partial charge is 0.492 e. The third kappa shape index (κ3) is 5.98. The maximum absolute atomic E-state index is 12.9. The number of rotatable bonds is 9. The lowest BCUT2D eigenvalue weighted by atomic mass is 10.1. The number of carbonyl (C=O) groups is 1. The zero-order chi connectivity index (χ0) is 20.5. The Kier molecular flexibility index (Phi) is 7.06. The third-order valence-electron chi connectivity index (χ3n) is 4.23. The molecule has 0 heterocycles. The van der Waals surface area contributed by atoms with E-state index in [0.29, 0.717) is 36.0 Å². The van der Waals surface area contributed by atoms with Gasteiger partial charge in [-0.3, -0.25) is 4.79 Å². The molecule has 148 valence electrons. The molecule has 0 saturated heterocycles. The van der Waals surface area contributed by atoms with Crippen molar-refractivity contribution < 1.29 is 14.3 Å². The molecule has 0 unspecified atom stereocenters. The molecule has 3 aromatic carbocycles. The Morgan fingerprint density at radius 1 is 0.862 bits per heavy atom. The van der Waals surface area contributed by atoms with Crippen LogP contribution in [0.4, 0.5) is 5.69 Å². The number of hydrogen-bond acceptors (Lipinski definition) is 3. The first-order valence-electron chi connectivity index (χ1n) is 9.57. The predicted octanol–water partition coefficient (Wildman–Crippen LogP) is 5.52. The molecule has 0 spiro atoms. The summed E-state index contributed by atoms with van der Waals surface area (Å²) in [4.78, 5) is 12.9. The minimum atomic E-state index is -0.244. The van der Waals surface area contributed by atoms with Gasteiger partial charge in [0.05, 0.1) is 17.9 Å². The van der Waals surface area contributed by atoms with Crippen molar-refractivity contribution in [3.8, 4) is 11.5 Å². The molecule has 3 rings (SSSR count). The van der Waals surface area contributed by atoms with Crippen LogP contribution in [0.5, 0.6) is 11.5 Å². The summed E-state index contributed by atoms with van der Waals surface area (Å²) in [6.45, 7) is 6.62. The second-order valence-corrected chi connectivity index (χ2v) is 6.78. The Labute approximate surface area is 171 Å². The lowest BCUT2D eigenvalue weighted by Crippen LogP contribution is -2.15. The van der Waals surface area contributed by atoms with Gasteiger partial charge in [0.15, 0.2) is 0 Å². The second kappa shape index (κ2) is 10.1. The summed E-state index contributed by atoms with van der Waals surface area (Å²) in [5.74, 6) is 0.916. The summed E-state index contributed by atoms with van der Waals surface area (Å²) in [5, 5.41) is 2.93. The van der Waals surface area contributed by atoms with Gasteiger partial charge in [0.2, 0.25) is 0 Å². The van der Waals surface area contributed by atoms with Crippen molar-refractivity contribution in [2.45, 2.75) is 13.3 Å². The summed E-state index contributed by atoms with van der Waals surface area (Å²) in [6.07, 6.45) is 0.772. The van der Waals surface area contributed by atoms with E-state index in [1.54, 1.807) is 6.07 Å². The van der Waals surface area contributed by atoms with Gasteiger partial charge in [-0.1, -0.05) is 61.2 Å². The van der Waals surface area contributed by atoms with Crippen molar-refractivity contribution in [3.63, 3.8) is 0 Å². The molecule has 4 heteroatoms. The summed E-state index contributed by atoms with van der Waals surface area (Å²) in [5.41, 5.74) is 3.19. The van der Waals surface area contributed by atoms with Gasteiger partial charge in [-0.05, 0) is 42.3 Å². The molecule has 0 aromatic heterocycles. The fourth-order valence-electron chi connectivity index (χ4n) is 2.79. The Balaban J connectivity index is 1.68. The molecule has 3 aromatic rings. The number of hydrogen-bond donors (Lipinski definition) is 1. The van der Waals surface area contributed by atoms with E-state index in [-0.39, 0.29) is 5.91 Å².